The first-order valence-electron chi connectivity index (χ1n) is 8.20. The van der Waals surface area contributed by atoms with E-state index in [1.807, 2.05) is 0 Å². The first kappa shape index (κ1) is 15.3. The normalized spacial score (nSPS) is 28.9. The molecule has 1 heterocycles. The van der Waals surface area contributed by atoms with Crippen molar-refractivity contribution in [2.45, 2.75) is 65.0 Å². The summed E-state index contributed by atoms with van der Waals surface area (Å²) in [5.41, 5.74) is 0.350. The lowest BCUT2D eigenvalue weighted by molar-refractivity contribution is 0.0877. The van der Waals surface area contributed by atoms with Crippen molar-refractivity contribution in [1.82, 2.24) is 10.2 Å². The summed E-state index contributed by atoms with van der Waals surface area (Å²) >= 11 is 0. The standard InChI is InChI=1S/C16H32N2O/c1-4-18(15-7-5-6-8-15)12-16(9-10-19-13-16)11-17-14(2)3/h14-15,17H,4-13H2,1-3H3. The molecule has 0 radical (unpaired) electrons. The van der Waals surface area contributed by atoms with Crippen LogP contribution in [-0.4, -0.2) is 49.8 Å². The van der Waals surface area contributed by atoms with Gasteiger partial charge in [0.2, 0.25) is 0 Å². The van der Waals surface area contributed by atoms with Crippen molar-refractivity contribution in [1.29, 1.82) is 0 Å². The van der Waals surface area contributed by atoms with Crippen LogP contribution in [-0.2, 0) is 4.74 Å². The van der Waals surface area contributed by atoms with Gasteiger partial charge in [-0.3, -0.25) is 4.90 Å². The smallest absolute Gasteiger partial charge is 0.0547 e. The van der Waals surface area contributed by atoms with Gasteiger partial charge >= 0.3 is 0 Å². The third kappa shape index (κ3) is 4.17. The van der Waals surface area contributed by atoms with Crippen LogP contribution in [0.25, 0.3) is 0 Å². The van der Waals surface area contributed by atoms with Crippen molar-refractivity contribution in [3.05, 3.63) is 0 Å². The molecular formula is C16H32N2O. The lowest BCUT2D eigenvalue weighted by Gasteiger charge is -2.37. The summed E-state index contributed by atoms with van der Waals surface area (Å²) in [6, 6.07) is 1.40. The van der Waals surface area contributed by atoms with Crippen LogP contribution in [0.5, 0.6) is 0 Å². The second-order valence-corrected chi connectivity index (χ2v) is 6.84. The van der Waals surface area contributed by atoms with Crippen LogP contribution in [0.2, 0.25) is 0 Å². The van der Waals surface area contributed by atoms with Gasteiger partial charge in [0, 0.05) is 37.2 Å². The van der Waals surface area contributed by atoms with E-state index in [0.29, 0.717) is 11.5 Å². The zero-order chi connectivity index (χ0) is 13.7. The van der Waals surface area contributed by atoms with Gasteiger partial charge in [-0.05, 0) is 25.8 Å². The molecule has 0 aromatic carbocycles. The van der Waals surface area contributed by atoms with E-state index in [9.17, 15) is 0 Å². The van der Waals surface area contributed by atoms with E-state index < -0.39 is 0 Å². The molecule has 1 aliphatic carbocycles. The Kier molecular flexibility index (Phi) is 5.67. The zero-order valence-corrected chi connectivity index (χ0v) is 13.1. The molecule has 2 aliphatic rings. The zero-order valence-electron chi connectivity index (χ0n) is 13.1. The molecule has 2 fully saturated rings. The van der Waals surface area contributed by atoms with Gasteiger partial charge in [-0.2, -0.15) is 0 Å². The van der Waals surface area contributed by atoms with E-state index in [4.69, 9.17) is 4.74 Å². The molecule has 0 amide bonds. The van der Waals surface area contributed by atoms with Crippen LogP contribution in [0.15, 0.2) is 0 Å². The highest BCUT2D eigenvalue weighted by atomic mass is 16.5. The van der Waals surface area contributed by atoms with Gasteiger partial charge in [0.1, 0.15) is 0 Å². The second kappa shape index (κ2) is 7.05. The van der Waals surface area contributed by atoms with E-state index in [-0.39, 0.29) is 0 Å². The summed E-state index contributed by atoms with van der Waals surface area (Å²) in [6.45, 7) is 12.2. The minimum Gasteiger partial charge on any atom is -0.381 e. The molecule has 3 nitrogen and oxygen atoms in total. The highest BCUT2D eigenvalue weighted by molar-refractivity contribution is 4.91. The van der Waals surface area contributed by atoms with Crippen LogP contribution in [0.4, 0.5) is 0 Å². The Bertz CT molecular complexity index is 255. The molecule has 0 bridgehead atoms. The van der Waals surface area contributed by atoms with Gasteiger partial charge in [0.05, 0.1) is 6.61 Å². The maximum absolute atomic E-state index is 5.73. The number of hydrogen-bond acceptors (Lipinski definition) is 3. The Morgan fingerprint density at radius 3 is 2.58 bits per heavy atom. The van der Waals surface area contributed by atoms with Crippen LogP contribution in [0.3, 0.4) is 0 Å². The Morgan fingerprint density at radius 1 is 1.32 bits per heavy atom. The fraction of sp³-hybridized carbons (Fsp3) is 1.00. The van der Waals surface area contributed by atoms with Crippen molar-refractivity contribution < 1.29 is 4.74 Å². The highest BCUT2D eigenvalue weighted by Gasteiger charge is 2.38. The molecule has 3 heteroatoms. The molecule has 2 rings (SSSR count). The Balaban J connectivity index is 1.93. The minimum atomic E-state index is 0.350. The second-order valence-electron chi connectivity index (χ2n) is 6.84. The van der Waals surface area contributed by atoms with E-state index >= 15 is 0 Å². The van der Waals surface area contributed by atoms with Gasteiger partial charge in [-0.25, -0.2) is 0 Å². The van der Waals surface area contributed by atoms with E-state index in [1.54, 1.807) is 0 Å². The average molecular weight is 268 g/mol. The molecule has 1 atom stereocenters. The van der Waals surface area contributed by atoms with Gasteiger partial charge in [-0.1, -0.05) is 33.6 Å². The lowest BCUT2D eigenvalue weighted by Crippen LogP contribution is -2.48. The summed E-state index contributed by atoms with van der Waals surface area (Å²) in [5, 5.41) is 3.64. The maximum Gasteiger partial charge on any atom is 0.0547 e. The first-order valence-corrected chi connectivity index (χ1v) is 8.20. The fourth-order valence-electron chi connectivity index (χ4n) is 3.59. The summed E-state index contributed by atoms with van der Waals surface area (Å²) in [4.78, 5) is 2.73. The van der Waals surface area contributed by atoms with Crippen molar-refractivity contribution in [3.8, 4) is 0 Å². The number of nitrogens with one attached hydrogen (secondary N) is 1. The van der Waals surface area contributed by atoms with E-state index in [0.717, 1.165) is 25.8 Å². The van der Waals surface area contributed by atoms with E-state index in [1.165, 1.54) is 45.2 Å². The predicted octanol–water partition coefficient (Wildman–Crippen LogP) is 2.66. The molecule has 112 valence electrons. The number of hydrogen-bond donors (Lipinski definition) is 1. The Morgan fingerprint density at radius 2 is 2.05 bits per heavy atom. The number of ether oxygens (including phenoxy) is 1. The fourth-order valence-corrected chi connectivity index (χ4v) is 3.59. The van der Waals surface area contributed by atoms with Gasteiger partial charge in [0.15, 0.2) is 0 Å². The molecule has 19 heavy (non-hydrogen) atoms. The molecule has 1 saturated heterocycles. The molecule has 0 aromatic rings. The van der Waals surface area contributed by atoms with Crippen LogP contribution in [0, 0.1) is 5.41 Å². The molecule has 1 saturated carbocycles. The van der Waals surface area contributed by atoms with Crippen molar-refractivity contribution in [3.63, 3.8) is 0 Å². The monoisotopic (exact) mass is 268 g/mol. The minimum absolute atomic E-state index is 0.350. The lowest BCUT2D eigenvalue weighted by atomic mass is 9.85. The average Bonchev–Trinajstić information content (AvgIpc) is 3.06. The first-order chi connectivity index (χ1) is 9.15. The molecular weight excluding hydrogens is 236 g/mol. The Labute approximate surface area is 119 Å². The van der Waals surface area contributed by atoms with Crippen molar-refractivity contribution in [2.75, 3.05) is 32.8 Å². The van der Waals surface area contributed by atoms with Crippen LogP contribution >= 0.6 is 0 Å². The Hall–Kier alpha value is -0.120. The molecule has 1 aliphatic heterocycles. The number of nitrogens with zero attached hydrogens (tertiary/aromatic N) is 1. The molecule has 1 unspecified atom stereocenters. The van der Waals surface area contributed by atoms with E-state index in [2.05, 4.69) is 31.0 Å². The van der Waals surface area contributed by atoms with Crippen LogP contribution < -0.4 is 5.32 Å². The molecule has 1 N–H and O–H groups in total. The molecule has 0 spiro atoms. The van der Waals surface area contributed by atoms with Crippen LogP contribution in [0.1, 0.15) is 52.9 Å². The van der Waals surface area contributed by atoms with Crippen molar-refractivity contribution >= 4 is 0 Å². The third-order valence-corrected chi connectivity index (χ3v) is 4.86. The van der Waals surface area contributed by atoms with Gasteiger partial charge < -0.3 is 10.1 Å². The summed E-state index contributed by atoms with van der Waals surface area (Å²) in [7, 11) is 0. The topological polar surface area (TPSA) is 24.5 Å². The van der Waals surface area contributed by atoms with Gasteiger partial charge in [-0.15, -0.1) is 0 Å². The number of rotatable bonds is 7. The maximum atomic E-state index is 5.73. The SMILES string of the molecule is CCN(CC1(CNC(C)C)CCOC1)C1CCCC1. The van der Waals surface area contributed by atoms with Crippen molar-refractivity contribution in [2.24, 2.45) is 5.41 Å². The summed E-state index contributed by atoms with van der Waals surface area (Å²) < 4.78 is 5.73. The summed E-state index contributed by atoms with van der Waals surface area (Å²) in [5.74, 6) is 0. The van der Waals surface area contributed by atoms with Gasteiger partial charge in [0.25, 0.3) is 0 Å². The largest absolute Gasteiger partial charge is 0.381 e. The highest BCUT2D eigenvalue weighted by Crippen LogP contribution is 2.32. The molecule has 0 aromatic heterocycles. The predicted molar refractivity (Wildman–Crippen MR) is 80.5 cm³/mol. The summed E-state index contributed by atoms with van der Waals surface area (Å²) in [6.07, 6.45) is 6.88. The third-order valence-electron chi connectivity index (χ3n) is 4.86. The quantitative estimate of drug-likeness (QED) is 0.768.